The molecule has 0 N–H and O–H groups in total. The normalized spacial score (nSPS) is 12.4. The van der Waals surface area contributed by atoms with E-state index in [2.05, 4.69) is 34.6 Å². The first-order chi connectivity index (χ1) is 17.6. The zero-order chi connectivity index (χ0) is 24.9. The van der Waals surface area contributed by atoms with Crippen molar-refractivity contribution in [2.24, 2.45) is 0 Å². The molecule has 0 aliphatic carbocycles. The molecule has 1 aliphatic rings. The van der Waals surface area contributed by atoms with Crippen molar-refractivity contribution in [1.82, 2.24) is 14.5 Å². The number of hydrogen-bond acceptors (Lipinski definition) is 4. The molecule has 0 saturated heterocycles. The number of ether oxygens (including phenoxy) is 2. The van der Waals surface area contributed by atoms with Crippen molar-refractivity contribution in [2.45, 2.75) is 52.9 Å². The number of unbranched alkanes of at least 4 members (excludes halogenated alkanes) is 1. The van der Waals surface area contributed by atoms with Crippen molar-refractivity contribution in [3.63, 3.8) is 0 Å². The number of fused-ring (bicyclic) bond motifs is 1. The molecule has 0 radical (unpaired) electrons. The lowest BCUT2D eigenvalue weighted by atomic mass is 10.1. The topological polar surface area (TPSA) is 39.5 Å². The lowest BCUT2D eigenvalue weighted by Gasteiger charge is -2.25. The molecule has 0 unspecified atom stereocenters. The van der Waals surface area contributed by atoms with Crippen molar-refractivity contribution in [3.05, 3.63) is 101 Å². The third-order valence-corrected chi connectivity index (χ3v) is 6.71. The number of hydrogen-bond donors (Lipinski definition) is 0. The highest BCUT2D eigenvalue weighted by atomic mass is 19.1. The van der Waals surface area contributed by atoms with Gasteiger partial charge in [-0.15, -0.1) is 0 Å². The van der Waals surface area contributed by atoms with Crippen LogP contribution in [0.5, 0.6) is 11.5 Å². The Morgan fingerprint density at radius 2 is 1.78 bits per heavy atom. The lowest BCUT2D eigenvalue weighted by Crippen LogP contribution is -2.24. The first kappa shape index (κ1) is 24.1. The fourth-order valence-electron chi connectivity index (χ4n) is 4.68. The Hall–Kier alpha value is -3.64. The molecule has 0 saturated carbocycles. The van der Waals surface area contributed by atoms with Crippen molar-refractivity contribution in [1.29, 1.82) is 0 Å². The largest absolute Gasteiger partial charge is 0.454 e. The zero-order valence-electron chi connectivity index (χ0n) is 20.9. The van der Waals surface area contributed by atoms with Gasteiger partial charge >= 0.3 is 0 Å². The van der Waals surface area contributed by atoms with Gasteiger partial charge in [0.1, 0.15) is 11.6 Å². The second kappa shape index (κ2) is 11.0. The van der Waals surface area contributed by atoms with Crippen LogP contribution < -0.4 is 9.47 Å². The summed E-state index contributed by atoms with van der Waals surface area (Å²) in [4.78, 5) is 7.17. The van der Waals surface area contributed by atoms with E-state index in [0.717, 1.165) is 59.1 Å². The van der Waals surface area contributed by atoms with E-state index in [4.69, 9.17) is 14.5 Å². The number of benzene rings is 3. The van der Waals surface area contributed by atoms with Crippen LogP contribution >= 0.6 is 0 Å². The Morgan fingerprint density at radius 1 is 0.944 bits per heavy atom. The van der Waals surface area contributed by atoms with E-state index in [-0.39, 0.29) is 12.6 Å². The Balaban J connectivity index is 1.47. The summed E-state index contributed by atoms with van der Waals surface area (Å²) < 4.78 is 27.8. The van der Waals surface area contributed by atoms with Crippen LogP contribution in [0.1, 0.15) is 42.1 Å². The molecule has 0 amide bonds. The van der Waals surface area contributed by atoms with Gasteiger partial charge in [0.25, 0.3) is 0 Å². The Labute approximate surface area is 212 Å². The summed E-state index contributed by atoms with van der Waals surface area (Å²) in [6.07, 6.45) is 4.17. The molecule has 0 spiro atoms. The van der Waals surface area contributed by atoms with Gasteiger partial charge in [-0.25, -0.2) is 9.37 Å². The number of nitrogens with zero attached hydrogens (tertiary/aromatic N) is 3. The SMILES string of the molecule is CCCCn1c(CN(Cc2ccc3c(c2)OCO3)Cc2cccc(F)c2C)cnc1-c1ccccc1. The van der Waals surface area contributed by atoms with Crippen molar-refractivity contribution >= 4 is 0 Å². The van der Waals surface area contributed by atoms with Gasteiger partial charge in [-0.1, -0.05) is 61.9 Å². The summed E-state index contributed by atoms with van der Waals surface area (Å²) in [6.45, 7) is 7.22. The molecule has 6 heteroatoms. The molecule has 1 aromatic heterocycles. The molecule has 5 nitrogen and oxygen atoms in total. The summed E-state index contributed by atoms with van der Waals surface area (Å²) >= 11 is 0. The third kappa shape index (κ3) is 5.29. The van der Waals surface area contributed by atoms with E-state index in [9.17, 15) is 4.39 Å². The Morgan fingerprint density at radius 3 is 2.61 bits per heavy atom. The van der Waals surface area contributed by atoms with E-state index in [0.29, 0.717) is 25.2 Å². The average molecular weight is 486 g/mol. The average Bonchev–Trinajstić information content (AvgIpc) is 3.52. The highest BCUT2D eigenvalue weighted by Gasteiger charge is 2.19. The molecule has 3 aromatic carbocycles. The Kier molecular flexibility index (Phi) is 7.33. The predicted molar refractivity (Wildman–Crippen MR) is 139 cm³/mol. The van der Waals surface area contributed by atoms with Crippen LogP contribution in [0.2, 0.25) is 0 Å². The number of halogens is 1. The molecule has 1 aliphatic heterocycles. The number of aromatic nitrogens is 2. The van der Waals surface area contributed by atoms with E-state index in [1.165, 1.54) is 6.07 Å². The van der Waals surface area contributed by atoms with Gasteiger partial charge < -0.3 is 14.0 Å². The van der Waals surface area contributed by atoms with Crippen molar-refractivity contribution in [3.8, 4) is 22.9 Å². The lowest BCUT2D eigenvalue weighted by molar-refractivity contribution is 0.174. The van der Waals surface area contributed by atoms with Crippen LogP contribution in [0.25, 0.3) is 11.4 Å². The molecular weight excluding hydrogens is 453 g/mol. The Bertz CT molecular complexity index is 1320. The summed E-state index contributed by atoms with van der Waals surface area (Å²) in [5, 5.41) is 0. The highest BCUT2D eigenvalue weighted by Crippen LogP contribution is 2.33. The molecular formula is C30H32FN3O2. The fraction of sp³-hybridized carbons (Fsp3) is 0.300. The molecule has 2 heterocycles. The van der Waals surface area contributed by atoms with Gasteiger partial charge in [0.2, 0.25) is 6.79 Å². The number of rotatable bonds is 10. The van der Waals surface area contributed by atoms with Crippen LogP contribution in [-0.2, 0) is 26.2 Å². The van der Waals surface area contributed by atoms with E-state index in [1.807, 2.05) is 49.5 Å². The monoisotopic (exact) mass is 485 g/mol. The summed E-state index contributed by atoms with van der Waals surface area (Å²) in [7, 11) is 0. The quantitative estimate of drug-likeness (QED) is 0.250. The molecule has 4 aromatic rings. The third-order valence-electron chi connectivity index (χ3n) is 6.71. The molecule has 36 heavy (non-hydrogen) atoms. The minimum atomic E-state index is -0.171. The minimum Gasteiger partial charge on any atom is -0.454 e. The minimum absolute atomic E-state index is 0.171. The van der Waals surface area contributed by atoms with E-state index >= 15 is 0 Å². The maximum atomic E-state index is 14.4. The standard InChI is InChI=1S/C30H32FN3O2/c1-3-4-15-34-26(17-32-30(34)24-9-6-5-7-10-24)20-33(19-25-11-8-12-27(31)22(25)2)18-23-13-14-28-29(16-23)36-21-35-28/h5-14,16-17H,3-4,15,18-21H2,1-2H3. The number of imidazole rings is 1. The van der Waals surface area contributed by atoms with E-state index in [1.54, 1.807) is 6.07 Å². The maximum absolute atomic E-state index is 14.4. The summed E-state index contributed by atoms with van der Waals surface area (Å²) in [6, 6.07) is 21.7. The van der Waals surface area contributed by atoms with Crippen LogP contribution in [0, 0.1) is 12.7 Å². The van der Waals surface area contributed by atoms with Crippen LogP contribution in [0.15, 0.2) is 72.9 Å². The van der Waals surface area contributed by atoms with E-state index < -0.39 is 0 Å². The van der Waals surface area contributed by atoms with Crippen LogP contribution in [0.4, 0.5) is 4.39 Å². The van der Waals surface area contributed by atoms with Gasteiger partial charge in [0.05, 0.1) is 11.9 Å². The fourth-order valence-corrected chi connectivity index (χ4v) is 4.68. The van der Waals surface area contributed by atoms with Gasteiger partial charge in [-0.05, 0) is 48.2 Å². The first-order valence-corrected chi connectivity index (χ1v) is 12.6. The van der Waals surface area contributed by atoms with Crippen LogP contribution in [0.3, 0.4) is 0 Å². The van der Waals surface area contributed by atoms with Gasteiger partial charge in [0.15, 0.2) is 11.5 Å². The summed E-state index contributed by atoms with van der Waals surface area (Å²) in [5.41, 5.74) is 5.06. The zero-order valence-corrected chi connectivity index (χ0v) is 20.9. The van der Waals surface area contributed by atoms with Gasteiger partial charge in [-0.2, -0.15) is 0 Å². The maximum Gasteiger partial charge on any atom is 0.231 e. The molecule has 0 bridgehead atoms. The smallest absolute Gasteiger partial charge is 0.231 e. The molecule has 186 valence electrons. The highest BCUT2D eigenvalue weighted by molar-refractivity contribution is 5.56. The second-order valence-corrected chi connectivity index (χ2v) is 9.30. The van der Waals surface area contributed by atoms with Crippen molar-refractivity contribution in [2.75, 3.05) is 6.79 Å². The second-order valence-electron chi connectivity index (χ2n) is 9.30. The first-order valence-electron chi connectivity index (χ1n) is 12.6. The van der Waals surface area contributed by atoms with Crippen LogP contribution in [-0.4, -0.2) is 21.2 Å². The van der Waals surface area contributed by atoms with Gasteiger partial charge in [-0.3, -0.25) is 4.90 Å². The molecule has 5 rings (SSSR count). The van der Waals surface area contributed by atoms with Gasteiger partial charge in [0, 0.05) is 31.7 Å². The molecule has 0 atom stereocenters. The molecule has 0 fully saturated rings. The predicted octanol–water partition coefficient (Wildman–Crippen LogP) is 6.73. The van der Waals surface area contributed by atoms with Crippen molar-refractivity contribution < 1.29 is 13.9 Å². The summed E-state index contributed by atoms with van der Waals surface area (Å²) in [5.74, 6) is 2.36.